The molecule has 0 spiro atoms. The van der Waals surface area contributed by atoms with Gasteiger partial charge in [-0.15, -0.1) is 0 Å². The van der Waals surface area contributed by atoms with Crippen LogP contribution in [-0.4, -0.2) is 50.4 Å². The number of phenols is 1. The highest BCUT2D eigenvalue weighted by Gasteiger charge is 2.76. The average molecular weight is 602 g/mol. The number of aromatic hydroxyl groups is 1. The van der Waals surface area contributed by atoms with Crippen molar-refractivity contribution in [3.05, 3.63) is 77.4 Å². The molecule has 0 amide bonds. The van der Waals surface area contributed by atoms with Crippen molar-refractivity contribution in [1.29, 1.82) is 5.26 Å². The molecule has 0 saturated heterocycles. The zero-order valence-electron chi connectivity index (χ0n) is 24.2. The summed E-state index contributed by atoms with van der Waals surface area (Å²) >= 11 is 0. The Morgan fingerprint density at radius 3 is 2.43 bits per heavy atom. The van der Waals surface area contributed by atoms with Gasteiger partial charge in [-0.3, -0.25) is 4.79 Å². The van der Waals surface area contributed by atoms with Crippen LogP contribution in [0.1, 0.15) is 61.9 Å². The van der Waals surface area contributed by atoms with Gasteiger partial charge in [0.25, 0.3) is 0 Å². The highest BCUT2D eigenvalue weighted by atomic mass is 19.1. The van der Waals surface area contributed by atoms with E-state index in [9.17, 15) is 29.7 Å². The van der Waals surface area contributed by atoms with Gasteiger partial charge in [-0.05, 0) is 93.5 Å². The zero-order valence-corrected chi connectivity index (χ0v) is 24.2. The van der Waals surface area contributed by atoms with E-state index >= 15 is 4.39 Å². The molecule has 44 heavy (non-hydrogen) atoms. The Morgan fingerprint density at radius 1 is 1.07 bits per heavy atom. The smallest absolute Gasteiger partial charge is 0.348 e. The number of esters is 1. The number of alkyl halides is 1. The molecule has 0 heterocycles. The number of nitriles is 1. The number of carbonyl (C=O) groups excluding carboxylic acids is 2. The summed E-state index contributed by atoms with van der Waals surface area (Å²) in [4.78, 5) is 38.5. The van der Waals surface area contributed by atoms with Crippen molar-refractivity contribution in [2.45, 2.75) is 63.3 Å². The molecule has 1 unspecified atom stereocenters. The summed E-state index contributed by atoms with van der Waals surface area (Å²) in [5, 5.41) is 41.0. The van der Waals surface area contributed by atoms with Crippen molar-refractivity contribution < 1.29 is 43.6 Å². The molecule has 0 bridgehead atoms. The Kier molecular flexibility index (Phi) is 6.74. The lowest BCUT2D eigenvalue weighted by Gasteiger charge is -2.62. The molecular weight excluding hydrogens is 569 g/mol. The summed E-state index contributed by atoms with van der Waals surface area (Å²) in [7, 11) is 0. The zero-order chi connectivity index (χ0) is 31.7. The second kappa shape index (κ2) is 10.0. The number of allylic oxidation sites excluding steroid dienone is 4. The summed E-state index contributed by atoms with van der Waals surface area (Å²) in [5.41, 5.74) is -5.81. The summed E-state index contributed by atoms with van der Waals surface area (Å²) < 4.78 is 28.9. The first-order chi connectivity index (χ1) is 20.8. The fourth-order valence-corrected chi connectivity index (χ4v) is 8.44. The number of hydrogen-bond donors (Lipinski definition) is 3. The molecule has 4 aliphatic carbocycles. The van der Waals surface area contributed by atoms with Crippen molar-refractivity contribution in [3.8, 4) is 23.3 Å². The first-order valence-corrected chi connectivity index (χ1v) is 14.6. The highest BCUT2D eigenvalue weighted by molar-refractivity contribution is 6.01. The number of carboxylic acid groups (broad SMARTS) is 1. The van der Waals surface area contributed by atoms with Crippen LogP contribution in [0.2, 0.25) is 0 Å². The highest BCUT2D eigenvalue weighted by Crippen LogP contribution is 2.70. The molecular formula is C34H32FNO8. The minimum absolute atomic E-state index is 0.0361. The number of nitrogens with zero attached hydrogens (tertiary/aromatic N) is 1. The van der Waals surface area contributed by atoms with Gasteiger partial charge in [-0.25, -0.2) is 14.0 Å². The number of hydrogen-bond acceptors (Lipinski definition) is 8. The van der Waals surface area contributed by atoms with Crippen LogP contribution in [0.3, 0.4) is 0 Å². The van der Waals surface area contributed by atoms with Gasteiger partial charge in [0.15, 0.2) is 11.5 Å². The Hall–Kier alpha value is -4.49. The number of aliphatic hydroxyl groups is 1. The van der Waals surface area contributed by atoms with Gasteiger partial charge in [-0.2, -0.15) is 5.26 Å². The summed E-state index contributed by atoms with van der Waals surface area (Å²) in [6.45, 7) is 3.36. The average Bonchev–Trinajstić information content (AvgIpc) is 3.27. The predicted molar refractivity (Wildman–Crippen MR) is 153 cm³/mol. The topological polar surface area (TPSA) is 154 Å². The first-order valence-electron chi connectivity index (χ1n) is 14.6. The van der Waals surface area contributed by atoms with E-state index in [2.05, 4.69) is 0 Å². The Morgan fingerprint density at radius 2 is 1.77 bits per heavy atom. The van der Waals surface area contributed by atoms with E-state index in [1.165, 1.54) is 54.6 Å². The predicted octanol–water partition coefficient (Wildman–Crippen LogP) is 5.41. The summed E-state index contributed by atoms with van der Waals surface area (Å²) in [6.07, 6.45) is 3.55. The van der Waals surface area contributed by atoms with Crippen molar-refractivity contribution in [1.82, 2.24) is 0 Å². The fraction of sp³-hybridized carbons (Fsp3) is 0.412. The molecule has 6 rings (SSSR count). The Bertz CT molecular complexity index is 1680. The molecule has 3 N–H and O–H groups in total. The van der Waals surface area contributed by atoms with Gasteiger partial charge >= 0.3 is 11.9 Å². The largest absolute Gasteiger partial charge is 0.506 e. The molecule has 10 heteroatoms. The summed E-state index contributed by atoms with van der Waals surface area (Å²) in [6, 6.07) is 11.8. The third kappa shape index (κ3) is 4.02. The second-order valence-corrected chi connectivity index (χ2v) is 12.7. The van der Waals surface area contributed by atoms with Gasteiger partial charge in [0.1, 0.15) is 23.3 Å². The lowest BCUT2D eigenvalue weighted by molar-refractivity contribution is -0.222. The molecule has 2 aromatic rings. The maximum absolute atomic E-state index is 17.4. The minimum Gasteiger partial charge on any atom is -0.506 e. The number of ether oxygens (including phenoxy) is 2. The number of benzene rings is 2. The van der Waals surface area contributed by atoms with Crippen LogP contribution in [0, 0.1) is 34.0 Å². The number of halogens is 1. The van der Waals surface area contributed by atoms with Crippen LogP contribution in [0.5, 0.6) is 17.2 Å². The van der Waals surface area contributed by atoms with E-state index in [0.717, 1.165) is 0 Å². The molecule has 0 aliphatic heterocycles. The number of carboxylic acids is 1. The number of rotatable bonds is 5. The van der Waals surface area contributed by atoms with E-state index in [4.69, 9.17) is 14.7 Å². The van der Waals surface area contributed by atoms with E-state index in [1.54, 1.807) is 19.9 Å². The molecule has 3 saturated carbocycles. The number of aliphatic hydroxyl groups excluding tert-OH is 1. The lowest BCUT2D eigenvalue weighted by Crippen LogP contribution is -2.69. The molecule has 2 aromatic carbocycles. The van der Waals surface area contributed by atoms with Crippen LogP contribution < -0.4 is 4.74 Å². The number of carbonyl (C=O) groups is 3. The van der Waals surface area contributed by atoms with Crippen molar-refractivity contribution in [3.63, 3.8) is 0 Å². The SMILES string of the molecule is C[C@]12C=CC(=O)C=C1CC[C@H]1[C@@H]3CC[C@@](OC(=O)c4ccc(Oc5ccc(C#N)c(O)c5)cc4)(C(=O)O)[C@@]3(C)C[C@H](O)C12F. The maximum Gasteiger partial charge on any atom is 0.348 e. The second-order valence-electron chi connectivity index (χ2n) is 12.7. The van der Waals surface area contributed by atoms with Gasteiger partial charge < -0.3 is 24.8 Å². The minimum atomic E-state index is -2.13. The molecule has 0 radical (unpaired) electrons. The number of fused-ring (bicyclic) bond motifs is 5. The van der Waals surface area contributed by atoms with Crippen LogP contribution in [0.4, 0.5) is 4.39 Å². The molecule has 228 valence electrons. The third-order valence-electron chi connectivity index (χ3n) is 10.8. The molecule has 0 aromatic heterocycles. The number of phenolic OH excluding ortho intramolecular Hbond substituents is 1. The van der Waals surface area contributed by atoms with Crippen molar-refractivity contribution in [2.75, 3.05) is 0 Å². The Labute approximate surface area is 253 Å². The van der Waals surface area contributed by atoms with E-state index < -0.39 is 52.0 Å². The number of aliphatic carboxylic acids is 1. The third-order valence-corrected chi connectivity index (χ3v) is 10.8. The maximum atomic E-state index is 17.4. The van der Waals surface area contributed by atoms with Gasteiger partial charge in [0.2, 0.25) is 5.60 Å². The van der Waals surface area contributed by atoms with Gasteiger partial charge in [0, 0.05) is 22.8 Å². The van der Waals surface area contributed by atoms with Crippen molar-refractivity contribution in [2.24, 2.45) is 22.7 Å². The van der Waals surface area contributed by atoms with Gasteiger partial charge in [0.05, 0.1) is 17.2 Å². The Balaban J connectivity index is 1.26. The van der Waals surface area contributed by atoms with E-state index in [-0.39, 0.29) is 41.3 Å². The van der Waals surface area contributed by atoms with Crippen LogP contribution in [0.25, 0.3) is 0 Å². The molecule has 4 aliphatic rings. The van der Waals surface area contributed by atoms with Crippen LogP contribution in [0.15, 0.2) is 66.3 Å². The fourth-order valence-electron chi connectivity index (χ4n) is 8.44. The normalized spacial score (nSPS) is 35.4. The lowest BCUT2D eigenvalue weighted by atomic mass is 9.45. The quantitative estimate of drug-likeness (QED) is 0.382. The van der Waals surface area contributed by atoms with Crippen molar-refractivity contribution >= 4 is 17.7 Å². The monoisotopic (exact) mass is 601 g/mol. The van der Waals surface area contributed by atoms with E-state index in [0.29, 0.717) is 30.6 Å². The molecule has 7 atom stereocenters. The number of ketones is 1. The van der Waals surface area contributed by atoms with E-state index in [1.807, 2.05) is 6.07 Å². The van der Waals surface area contributed by atoms with Crippen LogP contribution >= 0.6 is 0 Å². The molecule has 3 fully saturated rings. The van der Waals surface area contributed by atoms with Gasteiger partial charge in [-0.1, -0.05) is 18.6 Å². The molecule has 9 nitrogen and oxygen atoms in total. The first kappa shape index (κ1) is 29.6. The summed E-state index contributed by atoms with van der Waals surface area (Å²) in [5.74, 6) is -3.31. The van der Waals surface area contributed by atoms with Crippen LogP contribution in [-0.2, 0) is 14.3 Å². The standard InChI is InChI=1S/C34H32FNO8/c1-31-13-11-22(37)15-21(31)6-10-26-25-12-14-33(30(41)42,32(25,2)17-28(39)34(26,31)35)44-29(40)19-3-7-23(8-4-19)43-24-9-5-20(18-36)27(38)16-24/h3-5,7-9,11,13,15-16,25-26,28,38-39H,6,10,12,14,17H2,1-2H3,(H,41,42)/t25-,26-,28-,31-,32-,33+,34?/m0/s1.